The van der Waals surface area contributed by atoms with Gasteiger partial charge in [0.2, 0.25) is 23.5 Å². The van der Waals surface area contributed by atoms with Crippen LogP contribution in [0.25, 0.3) is 11.4 Å². The fourth-order valence-electron chi connectivity index (χ4n) is 2.55. The number of thioether (sulfide) groups is 1. The van der Waals surface area contributed by atoms with E-state index in [0.29, 0.717) is 46.6 Å². The van der Waals surface area contributed by atoms with Crippen LogP contribution in [0.5, 0.6) is 0 Å². The zero-order chi connectivity index (χ0) is 17.9. The van der Waals surface area contributed by atoms with E-state index in [1.54, 1.807) is 17.0 Å². The van der Waals surface area contributed by atoms with Crippen LogP contribution in [-0.4, -0.2) is 37.7 Å². The fourth-order valence-corrected chi connectivity index (χ4v) is 3.29. The normalized spacial score (nSPS) is 14.3. The van der Waals surface area contributed by atoms with E-state index in [1.165, 1.54) is 11.8 Å². The van der Waals surface area contributed by atoms with E-state index >= 15 is 0 Å². The van der Waals surface area contributed by atoms with E-state index in [1.807, 2.05) is 12.1 Å². The molecule has 8 nitrogen and oxygen atoms in total. The third-order valence-electron chi connectivity index (χ3n) is 3.84. The molecule has 0 saturated carbocycles. The minimum atomic E-state index is 0.123. The third kappa shape index (κ3) is 3.88. The minimum Gasteiger partial charge on any atom is -0.414 e. The van der Waals surface area contributed by atoms with Crippen LogP contribution in [0.2, 0.25) is 5.02 Å². The zero-order valence-electron chi connectivity index (χ0n) is 13.6. The molecule has 1 aliphatic heterocycles. The lowest BCUT2D eigenvalue weighted by Gasteiger charge is -2.11. The van der Waals surface area contributed by atoms with Crippen molar-refractivity contribution < 1.29 is 13.7 Å². The van der Waals surface area contributed by atoms with Gasteiger partial charge in [0.15, 0.2) is 0 Å². The second-order valence-corrected chi connectivity index (χ2v) is 7.05. The van der Waals surface area contributed by atoms with Gasteiger partial charge in [-0.05, 0) is 30.7 Å². The number of carbonyl (C=O) groups is 1. The maximum absolute atomic E-state index is 11.6. The minimum absolute atomic E-state index is 0.123. The van der Waals surface area contributed by atoms with Crippen LogP contribution in [0.15, 0.2) is 38.4 Å². The maximum atomic E-state index is 11.6. The van der Waals surface area contributed by atoms with E-state index in [4.69, 9.17) is 20.5 Å². The molecular weight excluding hydrogens is 378 g/mol. The molecule has 0 aliphatic carbocycles. The molecule has 1 aromatic carbocycles. The summed E-state index contributed by atoms with van der Waals surface area (Å²) < 4.78 is 10.8. The molecule has 0 N–H and O–H groups in total. The van der Waals surface area contributed by atoms with Crippen molar-refractivity contribution in [2.75, 3.05) is 6.54 Å². The first kappa shape index (κ1) is 17.0. The zero-order valence-corrected chi connectivity index (χ0v) is 15.2. The van der Waals surface area contributed by atoms with Gasteiger partial charge in [-0.3, -0.25) is 4.79 Å². The number of rotatable bonds is 6. The Bertz CT molecular complexity index is 911. The highest BCUT2D eigenvalue weighted by atomic mass is 35.5. The van der Waals surface area contributed by atoms with Gasteiger partial charge in [-0.25, -0.2) is 0 Å². The van der Waals surface area contributed by atoms with Crippen molar-refractivity contribution in [2.45, 2.75) is 30.4 Å². The molecule has 0 bridgehead atoms. The highest BCUT2D eigenvalue weighted by molar-refractivity contribution is 7.98. The average Bonchev–Trinajstić information content (AvgIpc) is 3.37. The average molecular weight is 392 g/mol. The summed E-state index contributed by atoms with van der Waals surface area (Å²) in [7, 11) is 0. The molecule has 134 valence electrons. The van der Waals surface area contributed by atoms with Gasteiger partial charge in [-0.15, -0.1) is 10.2 Å². The number of hydrogen-bond acceptors (Lipinski definition) is 8. The Hall–Kier alpha value is -2.39. The highest BCUT2D eigenvalue weighted by Crippen LogP contribution is 2.24. The SMILES string of the molecule is O=C1CCCN1Cc1nnc(SCc2nc(-c3ccc(Cl)cc3)no2)o1. The molecule has 1 amide bonds. The van der Waals surface area contributed by atoms with Gasteiger partial charge >= 0.3 is 0 Å². The largest absolute Gasteiger partial charge is 0.414 e. The summed E-state index contributed by atoms with van der Waals surface area (Å²) in [5.74, 6) is 1.91. The summed E-state index contributed by atoms with van der Waals surface area (Å²) >= 11 is 7.18. The fraction of sp³-hybridized carbons (Fsp3) is 0.312. The lowest BCUT2D eigenvalue weighted by atomic mass is 10.2. The Morgan fingerprint density at radius 1 is 1.19 bits per heavy atom. The van der Waals surface area contributed by atoms with E-state index in [0.717, 1.165) is 18.5 Å². The molecule has 0 atom stereocenters. The van der Waals surface area contributed by atoms with Crippen LogP contribution in [0.4, 0.5) is 0 Å². The van der Waals surface area contributed by atoms with Gasteiger partial charge in [0.05, 0.1) is 12.3 Å². The summed E-state index contributed by atoms with van der Waals surface area (Å²) in [4.78, 5) is 17.7. The molecule has 1 saturated heterocycles. The van der Waals surface area contributed by atoms with Gasteiger partial charge in [-0.2, -0.15) is 4.98 Å². The summed E-state index contributed by atoms with van der Waals surface area (Å²) in [6.07, 6.45) is 1.46. The first-order valence-corrected chi connectivity index (χ1v) is 9.35. The molecule has 0 unspecified atom stereocenters. The highest BCUT2D eigenvalue weighted by Gasteiger charge is 2.22. The summed E-state index contributed by atoms with van der Waals surface area (Å²) in [6.45, 7) is 1.09. The molecule has 0 spiro atoms. The van der Waals surface area contributed by atoms with Crippen molar-refractivity contribution in [3.63, 3.8) is 0 Å². The standard InChI is InChI=1S/C16H14ClN5O3S/c17-11-5-3-10(4-6-11)15-18-13(25-21-15)9-26-16-20-19-12(24-16)8-22-7-1-2-14(22)23/h3-6H,1-2,7-9H2. The maximum Gasteiger partial charge on any atom is 0.277 e. The smallest absolute Gasteiger partial charge is 0.277 e. The topological polar surface area (TPSA) is 98.2 Å². The number of nitrogens with zero attached hydrogens (tertiary/aromatic N) is 5. The number of hydrogen-bond donors (Lipinski definition) is 0. The molecule has 1 aliphatic rings. The Labute approximate surface area is 157 Å². The quantitative estimate of drug-likeness (QED) is 0.591. The van der Waals surface area contributed by atoms with E-state index in [-0.39, 0.29) is 5.91 Å². The van der Waals surface area contributed by atoms with E-state index in [2.05, 4.69) is 20.3 Å². The van der Waals surface area contributed by atoms with Gasteiger partial charge in [0.25, 0.3) is 5.22 Å². The second kappa shape index (κ2) is 7.46. The molecular formula is C16H14ClN5O3S. The lowest BCUT2D eigenvalue weighted by Crippen LogP contribution is -2.23. The van der Waals surface area contributed by atoms with Gasteiger partial charge in [-0.1, -0.05) is 28.5 Å². The Balaban J connectivity index is 1.34. The Kier molecular flexibility index (Phi) is 4.89. The number of halogens is 1. The predicted molar refractivity (Wildman–Crippen MR) is 93.3 cm³/mol. The van der Waals surface area contributed by atoms with Crippen molar-refractivity contribution in [1.82, 2.24) is 25.2 Å². The Morgan fingerprint density at radius 2 is 2.04 bits per heavy atom. The molecule has 2 aromatic heterocycles. The molecule has 4 rings (SSSR count). The molecule has 3 heterocycles. The van der Waals surface area contributed by atoms with E-state index in [9.17, 15) is 4.79 Å². The van der Waals surface area contributed by atoms with Crippen molar-refractivity contribution >= 4 is 29.3 Å². The molecule has 0 radical (unpaired) electrons. The van der Waals surface area contributed by atoms with Gasteiger partial charge in [0, 0.05) is 23.6 Å². The van der Waals surface area contributed by atoms with Crippen molar-refractivity contribution in [3.8, 4) is 11.4 Å². The predicted octanol–water partition coefficient (Wildman–Crippen LogP) is 3.19. The van der Waals surface area contributed by atoms with Crippen LogP contribution < -0.4 is 0 Å². The lowest BCUT2D eigenvalue weighted by molar-refractivity contribution is -0.128. The van der Waals surface area contributed by atoms with Crippen LogP contribution in [-0.2, 0) is 17.1 Å². The van der Waals surface area contributed by atoms with Gasteiger partial charge in [0.1, 0.15) is 0 Å². The number of benzene rings is 1. The molecule has 3 aromatic rings. The number of amides is 1. The summed E-state index contributed by atoms with van der Waals surface area (Å²) in [5, 5.41) is 13.0. The van der Waals surface area contributed by atoms with Crippen LogP contribution in [0.3, 0.4) is 0 Å². The number of likely N-dealkylation sites (tertiary alicyclic amines) is 1. The Morgan fingerprint density at radius 3 is 2.81 bits per heavy atom. The summed E-state index contributed by atoms with van der Waals surface area (Å²) in [5.41, 5.74) is 0.824. The van der Waals surface area contributed by atoms with E-state index < -0.39 is 0 Å². The first-order chi connectivity index (χ1) is 12.7. The third-order valence-corrected chi connectivity index (χ3v) is 4.89. The van der Waals surface area contributed by atoms with Crippen LogP contribution in [0.1, 0.15) is 24.6 Å². The number of carbonyl (C=O) groups excluding carboxylic acids is 1. The van der Waals surface area contributed by atoms with Crippen molar-refractivity contribution in [3.05, 3.63) is 41.1 Å². The van der Waals surface area contributed by atoms with Crippen LogP contribution in [0, 0.1) is 0 Å². The van der Waals surface area contributed by atoms with Crippen molar-refractivity contribution in [2.24, 2.45) is 0 Å². The number of aromatic nitrogens is 4. The molecule has 1 fully saturated rings. The van der Waals surface area contributed by atoms with Gasteiger partial charge < -0.3 is 13.8 Å². The van der Waals surface area contributed by atoms with Crippen LogP contribution >= 0.6 is 23.4 Å². The summed E-state index contributed by atoms with van der Waals surface area (Å²) in [6, 6.07) is 7.20. The first-order valence-electron chi connectivity index (χ1n) is 7.99. The molecule has 26 heavy (non-hydrogen) atoms. The van der Waals surface area contributed by atoms with Crippen molar-refractivity contribution in [1.29, 1.82) is 0 Å². The monoisotopic (exact) mass is 391 g/mol. The molecule has 10 heteroatoms. The second-order valence-electron chi connectivity index (χ2n) is 5.69.